The number of carbonyl (C=O) groups is 1. The SMILES string of the molecule is O=C(NCc1ccc(CN2CCCCC2)cc1)C1(c2cccc(C(F)(F)F)c2)CCOCC1. The van der Waals surface area contributed by atoms with Crippen molar-refractivity contribution in [3.05, 3.63) is 70.8 Å². The smallest absolute Gasteiger partial charge is 0.381 e. The van der Waals surface area contributed by atoms with E-state index < -0.39 is 17.2 Å². The van der Waals surface area contributed by atoms with Crippen molar-refractivity contribution in [2.75, 3.05) is 26.3 Å². The van der Waals surface area contributed by atoms with Crippen molar-refractivity contribution in [2.45, 2.75) is 56.8 Å². The zero-order valence-electron chi connectivity index (χ0n) is 18.8. The van der Waals surface area contributed by atoms with Crippen molar-refractivity contribution < 1.29 is 22.7 Å². The van der Waals surface area contributed by atoms with E-state index in [1.54, 1.807) is 6.07 Å². The Morgan fingerprint density at radius 1 is 0.970 bits per heavy atom. The first-order chi connectivity index (χ1) is 15.9. The Hall–Kier alpha value is -2.38. The van der Waals surface area contributed by atoms with Crippen LogP contribution in [0.3, 0.4) is 0 Å². The molecule has 2 aromatic rings. The number of carbonyl (C=O) groups excluding carboxylic acids is 1. The molecule has 0 unspecified atom stereocenters. The van der Waals surface area contributed by atoms with Gasteiger partial charge in [-0.25, -0.2) is 0 Å². The Bertz CT molecular complexity index is 931. The molecule has 2 aliphatic heterocycles. The number of hydrogen-bond donors (Lipinski definition) is 1. The minimum atomic E-state index is -4.45. The van der Waals surface area contributed by atoms with Crippen LogP contribution in [0.5, 0.6) is 0 Å². The van der Waals surface area contributed by atoms with Gasteiger partial charge in [-0.2, -0.15) is 13.2 Å². The molecule has 0 saturated carbocycles. The molecule has 0 aromatic heterocycles. The molecule has 0 radical (unpaired) electrons. The molecular formula is C26H31F3N2O2. The molecule has 0 spiro atoms. The maximum absolute atomic E-state index is 13.3. The molecule has 0 bridgehead atoms. The molecule has 2 fully saturated rings. The van der Waals surface area contributed by atoms with E-state index >= 15 is 0 Å². The lowest BCUT2D eigenvalue weighted by Gasteiger charge is -2.36. The molecular weight excluding hydrogens is 429 g/mol. The van der Waals surface area contributed by atoms with Crippen LogP contribution in [0.4, 0.5) is 13.2 Å². The number of alkyl halides is 3. The van der Waals surface area contributed by atoms with Gasteiger partial charge < -0.3 is 10.1 Å². The second-order valence-electron chi connectivity index (χ2n) is 9.11. The molecule has 7 heteroatoms. The molecule has 2 saturated heterocycles. The van der Waals surface area contributed by atoms with Crippen LogP contribution in [-0.2, 0) is 34.2 Å². The molecule has 178 valence electrons. The summed E-state index contributed by atoms with van der Waals surface area (Å²) in [5.41, 5.74) is 0.861. The first kappa shape index (κ1) is 23.8. The number of hydrogen-bond acceptors (Lipinski definition) is 3. The van der Waals surface area contributed by atoms with E-state index in [2.05, 4.69) is 22.3 Å². The number of nitrogens with one attached hydrogen (secondary N) is 1. The summed E-state index contributed by atoms with van der Waals surface area (Å²) in [5, 5.41) is 2.98. The normalized spacial score (nSPS) is 19.2. The van der Waals surface area contributed by atoms with Gasteiger partial charge >= 0.3 is 6.18 Å². The molecule has 1 amide bonds. The summed E-state index contributed by atoms with van der Waals surface area (Å²) in [6.45, 7) is 4.23. The highest BCUT2D eigenvalue weighted by molar-refractivity contribution is 5.88. The molecule has 2 heterocycles. The average Bonchev–Trinajstić information content (AvgIpc) is 2.84. The first-order valence-corrected chi connectivity index (χ1v) is 11.7. The summed E-state index contributed by atoms with van der Waals surface area (Å²) in [7, 11) is 0. The summed E-state index contributed by atoms with van der Waals surface area (Å²) in [6.07, 6.45) is 0.0768. The van der Waals surface area contributed by atoms with Crippen LogP contribution >= 0.6 is 0 Å². The average molecular weight is 461 g/mol. The molecule has 0 aliphatic carbocycles. The van der Waals surface area contributed by atoms with Crippen molar-refractivity contribution in [1.29, 1.82) is 0 Å². The number of halogens is 3. The Kier molecular flexibility index (Phi) is 7.39. The largest absolute Gasteiger partial charge is 0.416 e. The second kappa shape index (κ2) is 10.3. The zero-order chi connectivity index (χ0) is 23.3. The summed E-state index contributed by atoms with van der Waals surface area (Å²) in [6, 6.07) is 13.4. The highest BCUT2D eigenvalue weighted by atomic mass is 19.4. The molecule has 2 aliphatic rings. The third-order valence-electron chi connectivity index (χ3n) is 6.85. The van der Waals surface area contributed by atoms with Gasteiger partial charge in [-0.1, -0.05) is 48.9 Å². The Morgan fingerprint density at radius 3 is 2.30 bits per heavy atom. The molecule has 1 N–H and O–H groups in total. The fourth-order valence-electron chi connectivity index (χ4n) is 4.85. The fourth-order valence-corrected chi connectivity index (χ4v) is 4.85. The molecule has 0 atom stereocenters. The van der Waals surface area contributed by atoms with Gasteiger partial charge in [0.2, 0.25) is 5.91 Å². The van der Waals surface area contributed by atoms with Crippen LogP contribution in [0.25, 0.3) is 0 Å². The molecule has 4 nitrogen and oxygen atoms in total. The van der Waals surface area contributed by atoms with Gasteiger partial charge in [0, 0.05) is 26.3 Å². The van der Waals surface area contributed by atoms with Crippen molar-refractivity contribution in [3.63, 3.8) is 0 Å². The number of nitrogens with zero attached hydrogens (tertiary/aromatic N) is 1. The Morgan fingerprint density at radius 2 is 1.64 bits per heavy atom. The van der Waals surface area contributed by atoms with Crippen LogP contribution < -0.4 is 5.32 Å². The quantitative estimate of drug-likeness (QED) is 0.656. The third kappa shape index (κ3) is 5.76. The minimum Gasteiger partial charge on any atom is -0.381 e. The first-order valence-electron chi connectivity index (χ1n) is 11.7. The van der Waals surface area contributed by atoms with Crippen molar-refractivity contribution in [2.24, 2.45) is 0 Å². The van der Waals surface area contributed by atoms with Crippen LogP contribution in [0.2, 0.25) is 0 Å². The summed E-state index contributed by atoms with van der Waals surface area (Å²) < 4.78 is 45.3. The number of benzene rings is 2. The lowest BCUT2D eigenvalue weighted by atomic mass is 9.73. The predicted molar refractivity (Wildman–Crippen MR) is 121 cm³/mol. The Balaban J connectivity index is 1.44. The van der Waals surface area contributed by atoms with Crippen molar-refractivity contribution >= 4 is 5.91 Å². The fraction of sp³-hybridized carbons (Fsp3) is 0.500. The van der Waals surface area contributed by atoms with Crippen molar-refractivity contribution in [3.8, 4) is 0 Å². The monoisotopic (exact) mass is 460 g/mol. The van der Waals surface area contributed by atoms with E-state index in [0.29, 0.717) is 38.2 Å². The van der Waals surface area contributed by atoms with Gasteiger partial charge in [-0.3, -0.25) is 9.69 Å². The van der Waals surface area contributed by atoms with Gasteiger partial charge in [0.25, 0.3) is 0 Å². The maximum Gasteiger partial charge on any atom is 0.416 e. The predicted octanol–water partition coefficient (Wildman–Crippen LogP) is 5.06. The zero-order valence-corrected chi connectivity index (χ0v) is 18.8. The van der Waals surface area contributed by atoms with Crippen LogP contribution in [0, 0.1) is 0 Å². The number of likely N-dealkylation sites (tertiary alicyclic amines) is 1. The van der Waals surface area contributed by atoms with Gasteiger partial charge in [-0.15, -0.1) is 0 Å². The standard InChI is InChI=1S/C26H31F3N2O2/c27-26(28,29)23-6-4-5-22(17-23)25(11-15-33-16-12-25)24(32)30-18-20-7-9-21(10-8-20)19-31-13-2-1-3-14-31/h4-10,17H,1-3,11-16,18-19H2,(H,30,32). The minimum absolute atomic E-state index is 0.248. The van der Waals surface area contributed by atoms with Crippen LogP contribution in [-0.4, -0.2) is 37.1 Å². The summed E-state index contributed by atoms with van der Waals surface area (Å²) in [4.78, 5) is 15.8. The summed E-state index contributed by atoms with van der Waals surface area (Å²) in [5.74, 6) is -0.248. The van der Waals surface area contributed by atoms with Gasteiger partial charge in [0.05, 0.1) is 11.0 Å². The number of rotatable bonds is 6. The molecule has 33 heavy (non-hydrogen) atoms. The summed E-state index contributed by atoms with van der Waals surface area (Å²) >= 11 is 0. The van der Waals surface area contributed by atoms with E-state index in [-0.39, 0.29) is 5.91 Å². The van der Waals surface area contributed by atoms with Crippen molar-refractivity contribution in [1.82, 2.24) is 10.2 Å². The van der Waals surface area contributed by atoms with Gasteiger partial charge in [0.1, 0.15) is 0 Å². The van der Waals surface area contributed by atoms with E-state index in [0.717, 1.165) is 37.3 Å². The van der Waals surface area contributed by atoms with Gasteiger partial charge in [0.15, 0.2) is 0 Å². The number of amides is 1. The third-order valence-corrected chi connectivity index (χ3v) is 6.85. The van der Waals surface area contributed by atoms with E-state index in [1.807, 2.05) is 12.1 Å². The number of piperidine rings is 1. The van der Waals surface area contributed by atoms with E-state index in [4.69, 9.17) is 4.74 Å². The second-order valence-corrected chi connectivity index (χ2v) is 9.11. The highest BCUT2D eigenvalue weighted by Gasteiger charge is 2.43. The van der Waals surface area contributed by atoms with Gasteiger partial charge in [-0.05, 0) is 61.5 Å². The van der Waals surface area contributed by atoms with Crippen LogP contribution in [0.15, 0.2) is 48.5 Å². The van der Waals surface area contributed by atoms with E-state index in [1.165, 1.54) is 30.9 Å². The molecule has 2 aromatic carbocycles. The topological polar surface area (TPSA) is 41.6 Å². The number of ether oxygens (including phenoxy) is 1. The lowest BCUT2D eigenvalue weighted by Crippen LogP contribution is -2.47. The lowest BCUT2D eigenvalue weighted by molar-refractivity contribution is -0.138. The van der Waals surface area contributed by atoms with E-state index in [9.17, 15) is 18.0 Å². The highest BCUT2D eigenvalue weighted by Crippen LogP contribution is 2.38. The maximum atomic E-state index is 13.3. The Labute approximate surface area is 193 Å². The van der Waals surface area contributed by atoms with Crippen LogP contribution in [0.1, 0.15) is 54.4 Å². The molecule has 4 rings (SSSR count).